The van der Waals surface area contributed by atoms with E-state index in [1.54, 1.807) is 28.9 Å². The number of hydrogen-bond donors (Lipinski definition) is 1. The Labute approximate surface area is 176 Å². The highest BCUT2D eigenvalue weighted by molar-refractivity contribution is 7.16. The van der Waals surface area contributed by atoms with Crippen LogP contribution >= 0.6 is 34.3 Å². The number of halogens is 1. The number of aryl methyl sites for hydroxylation is 2. The van der Waals surface area contributed by atoms with Crippen LogP contribution < -0.4 is 10.1 Å². The van der Waals surface area contributed by atoms with Crippen LogP contribution in [0.25, 0.3) is 10.6 Å². The zero-order chi connectivity index (χ0) is 19.5. The fraction of sp³-hybridized carbons (Fsp3) is 0.150. The Bertz CT molecular complexity index is 1070. The van der Waals surface area contributed by atoms with Crippen molar-refractivity contribution in [1.29, 1.82) is 0 Å². The summed E-state index contributed by atoms with van der Waals surface area (Å²) in [6.45, 7) is 4.48. The lowest BCUT2D eigenvalue weighted by Gasteiger charge is -2.07. The van der Waals surface area contributed by atoms with Crippen LogP contribution in [0.3, 0.4) is 0 Å². The first-order valence-electron chi connectivity index (χ1n) is 8.57. The van der Waals surface area contributed by atoms with E-state index in [9.17, 15) is 0 Å². The van der Waals surface area contributed by atoms with E-state index >= 15 is 0 Å². The van der Waals surface area contributed by atoms with Crippen LogP contribution in [-0.2, 0) is 6.61 Å². The van der Waals surface area contributed by atoms with E-state index < -0.39 is 0 Å². The number of hydrogen-bond acceptors (Lipinski definition) is 7. The fourth-order valence-electron chi connectivity index (χ4n) is 2.60. The molecular weight excluding hydrogens is 412 g/mol. The summed E-state index contributed by atoms with van der Waals surface area (Å²) in [5.74, 6) is 1.42. The van der Waals surface area contributed by atoms with Gasteiger partial charge in [-0.2, -0.15) is 0 Å². The lowest BCUT2D eigenvalue weighted by molar-refractivity contribution is 0.305. The number of nitrogens with one attached hydrogen (secondary N) is 1. The SMILES string of the molecule is Cc1nc(C)c(-c2csc(Nc3ccc(OCc4ccc(Cl)cc4)cn3)n2)s1. The minimum Gasteiger partial charge on any atom is -0.487 e. The maximum Gasteiger partial charge on any atom is 0.188 e. The Kier molecular flexibility index (Phi) is 5.57. The van der Waals surface area contributed by atoms with Crippen molar-refractivity contribution in [2.45, 2.75) is 20.5 Å². The molecule has 0 amide bonds. The maximum absolute atomic E-state index is 5.89. The molecule has 0 aliphatic heterocycles. The molecule has 0 fully saturated rings. The molecule has 3 aromatic heterocycles. The van der Waals surface area contributed by atoms with Gasteiger partial charge in [-0.05, 0) is 43.7 Å². The zero-order valence-corrected chi connectivity index (χ0v) is 17.7. The monoisotopic (exact) mass is 428 g/mol. The van der Waals surface area contributed by atoms with Gasteiger partial charge < -0.3 is 10.1 Å². The summed E-state index contributed by atoms with van der Waals surface area (Å²) in [4.78, 5) is 14.6. The molecule has 3 heterocycles. The van der Waals surface area contributed by atoms with Crippen LogP contribution in [-0.4, -0.2) is 15.0 Å². The zero-order valence-electron chi connectivity index (χ0n) is 15.3. The molecule has 4 aromatic rings. The van der Waals surface area contributed by atoms with Crippen molar-refractivity contribution in [3.63, 3.8) is 0 Å². The second-order valence-corrected chi connectivity index (χ2v) is 8.60. The van der Waals surface area contributed by atoms with Gasteiger partial charge in [0.2, 0.25) is 0 Å². The van der Waals surface area contributed by atoms with E-state index in [4.69, 9.17) is 16.3 Å². The molecular formula is C20H17ClN4OS2. The van der Waals surface area contributed by atoms with Crippen molar-refractivity contribution in [2.75, 3.05) is 5.32 Å². The lowest BCUT2D eigenvalue weighted by Crippen LogP contribution is -1.97. The van der Waals surface area contributed by atoms with Crippen LogP contribution in [0, 0.1) is 13.8 Å². The first kappa shape index (κ1) is 18.9. The van der Waals surface area contributed by atoms with Gasteiger partial charge in [-0.25, -0.2) is 15.0 Å². The summed E-state index contributed by atoms with van der Waals surface area (Å²) in [5, 5.41) is 7.83. The van der Waals surface area contributed by atoms with Crippen molar-refractivity contribution in [2.24, 2.45) is 0 Å². The number of anilines is 2. The molecule has 0 saturated carbocycles. The summed E-state index contributed by atoms with van der Waals surface area (Å²) in [7, 11) is 0. The molecule has 0 saturated heterocycles. The van der Waals surface area contributed by atoms with Gasteiger partial charge in [0.15, 0.2) is 5.13 Å². The third-order valence-corrected chi connectivity index (χ3v) is 6.04. The predicted octanol–water partition coefficient (Wildman–Crippen LogP) is 6.25. The molecule has 5 nitrogen and oxygen atoms in total. The van der Waals surface area contributed by atoms with Gasteiger partial charge >= 0.3 is 0 Å². The van der Waals surface area contributed by atoms with Gasteiger partial charge in [0.1, 0.15) is 18.2 Å². The lowest BCUT2D eigenvalue weighted by atomic mass is 10.2. The second kappa shape index (κ2) is 8.26. The first-order chi connectivity index (χ1) is 13.6. The van der Waals surface area contributed by atoms with Crippen LogP contribution in [0.15, 0.2) is 48.0 Å². The third-order valence-electron chi connectivity index (χ3n) is 3.93. The number of pyridine rings is 1. The van der Waals surface area contributed by atoms with Crippen molar-refractivity contribution in [3.8, 4) is 16.3 Å². The molecule has 1 N–H and O–H groups in total. The molecule has 28 heavy (non-hydrogen) atoms. The minimum absolute atomic E-state index is 0.467. The summed E-state index contributed by atoms with van der Waals surface area (Å²) >= 11 is 9.10. The van der Waals surface area contributed by atoms with E-state index in [1.807, 2.05) is 55.6 Å². The molecule has 8 heteroatoms. The molecule has 142 valence electrons. The number of thiazole rings is 2. The van der Waals surface area contributed by atoms with Gasteiger partial charge in [-0.15, -0.1) is 22.7 Å². The second-order valence-electron chi connectivity index (χ2n) is 6.10. The van der Waals surface area contributed by atoms with E-state index in [2.05, 4.69) is 20.3 Å². The highest BCUT2D eigenvalue weighted by Gasteiger charge is 2.11. The Morgan fingerprint density at radius 3 is 2.57 bits per heavy atom. The molecule has 0 bridgehead atoms. The standard InChI is InChI=1S/C20H17ClN4OS2/c1-12-19(28-13(2)23-12)17-11-27-20(24-17)25-18-8-7-16(9-22-18)26-10-14-3-5-15(21)6-4-14/h3-9,11H,10H2,1-2H3,(H,22,24,25). The molecule has 4 rings (SSSR count). The van der Waals surface area contributed by atoms with Crippen molar-refractivity contribution in [3.05, 3.63) is 69.3 Å². The molecule has 0 spiro atoms. The van der Waals surface area contributed by atoms with Gasteiger partial charge in [-0.3, -0.25) is 0 Å². The van der Waals surface area contributed by atoms with E-state index in [0.717, 1.165) is 37.8 Å². The molecule has 1 aromatic carbocycles. The van der Waals surface area contributed by atoms with E-state index in [-0.39, 0.29) is 0 Å². The van der Waals surface area contributed by atoms with Gasteiger partial charge in [-0.1, -0.05) is 23.7 Å². The largest absolute Gasteiger partial charge is 0.487 e. The van der Waals surface area contributed by atoms with Crippen LogP contribution in [0.2, 0.25) is 5.02 Å². The summed E-state index contributed by atoms with van der Waals surface area (Å²) in [6, 6.07) is 11.3. The number of benzene rings is 1. The highest BCUT2D eigenvalue weighted by Crippen LogP contribution is 2.32. The summed E-state index contributed by atoms with van der Waals surface area (Å²) in [5.41, 5.74) is 3.01. The molecule has 0 radical (unpaired) electrons. The fourth-order valence-corrected chi connectivity index (χ4v) is 4.39. The Morgan fingerprint density at radius 2 is 1.89 bits per heavy atom. The average Bonchev–Trinajstić information content (AvgIpc) is 3.28. The average molecular weight is 429 g/mol. The molecule has 0 aliphatic carbocycles. The van der Waals surface area contributed by atoms with Gasteiger partial charge in [0.05, 0.1) is 27.5 Å². The maximum atomic E-state index is 5.89. The number of aromatic nitrogens is 3. The van der Waals surface area contributed by atoms with Crippen molar-refractivity contribution >= 4 is 45.2 Å². The van der Waals surface area contributed by atoms with E-state index in [0.29, 0.717) is 17.4 Å². The Hall–Kier alpha value is -2.48. The number of rotatable bonds is 6. The van der Waals surface area contributed by atoms with Crippen molar-refractivity contribution < 1.29 is 4.74 Å². The van der Waals surface area contributed by atoms with Crippen LogP contribution in [0.4, 0.5) is 10.9 Å². The normalized spacial score (nSPS) is 10.8. The minimum atomic E-state index is 0.467. The summed E-state index contributed by atoms with van der Waals surface area (Å²) in [6.07, 6.45) is 1.70. The highest BCUT2D eigenvalue weighted by atomic mass is 35.5. The number of nitrogens with zero attached hydrogens (tertiary/aromatic N) is 3. The first-order valence-corrected chi connectivity index (χ1v) is 10.6. The van der Waals surface area contributed by atoms with Crippen LogP contribution in [0.5, 0.6) is 5.75 Å². The van der Waals surface area contributed by atoms with E-state index in [1.165, 1.54) is 0 Å². The van der Waals surface area contributed by atoms with Gasteiger partial charge in [0.25, 0.3) is 0 Å². The Morgan fingerprint density at radius 1 is 1.07 bits per heavy atom. The van der Waals surface area contributed by atoms with Gasteiger partial charge in [0, 0.05) is 10.4 Å². The number of ether oxygens (including phenoxy) is 1. The molecule has 0 unspecified atom stereocenters. The predicted molar refractivity (Wildman–Crippen MR) is 116 cm³/mol. The van der Waals surface area contributed by atoms with Crippen LogP contribution in [0.1, 0.15) is 16.3 Å². The molecule has 0 atom stereocenters. The smallest absolute Gasteiger partial charge is 0.188 e. The quantitative estimate of drug-likeness (QED) is 0.393. The molecule has 0 aliphatic rings. The summed E-state index contributed by atoms with van der Waals surface area (Å²) < 4.78 is 5.76. The topological polar surface area (TPSA) is 59.9 Å². The third kappa shape index (κ3) is 4.49. The Balaban J connectivity index is 1.38. The van der Waals surface area contributed by atoms with Crippen molar-refractivity contribution in [1.82, 2.24) is 15.0 Å².